The van der Waals surface area contributed by atoms with Gasteiger partial charge in [0, 0.05) is 18.0 Å². The first-order chi connectivity index (χ1) is 13.1. The highest BCUT2D eigenvalue weighted by Gasteiger charge is 2.33. The fourth-order valence-corrected chi connectivity index (χ4v) is 3.57. The number of thioether (sulfide) groups is 1. The molecule has 7 nitrogen and oxygen atoms in total. The van der Waals surface area contributed by atoms with E-state index < -0.39 is 11.8 Å². The predicted octanol–water partition coefficient (Wildman–Crippen LogP) is 2.57. The third-order valence-corrected chi connectivity index (χ3v) is 5.00. The van der Waals surface area contributed by atoms with E-state index in [1.807, 2.05) is 24.3 Å². The molecule has 0 spiro atoms. The van der Waals surface area contributed by atoms with Crippen molar-refractivity contribution in [2.24, 2.45) is 0 Å². The summed E-state index contributed by atoms with van der Waals surface area (Å²) in [7, 11) is 0. The van der Waals surface area contributed by atoms with Gasteiger partial charge in [-0.05, 0) is 42.6 Å². The van der Waals surface area contributed by atoms with E-state index in [0.717, 1.165) is 27.8 Å². The van der Waals surface area contributed by atoms with Crippen molar-refractivity contribution >= 4 is 57.2 Å². The van der Waals surface area contributed by atoms with Crippen molar-refractivity contribution in [1.29, 1.82) is 0 Å². The fraction of sp³-hybridized carbons (Fsp3) is 0. The number of benzene rings is 1. The lowest BCUT2D eigenvalue weighted by atomic mass is 10.2. The average molecular weight is 393 g/mol. The second-order valence-electron chi connectivity index (χ2n) is 5.48. The minimum absolute atomic E-state index is 0.238. The largest absolute Gasteiger partial charge is 0.285 e. The number of hydrazine groups is 1. The third kappa shape index (κ3) is 3.55. The van der Waals surface area contributed by atoms with Gasteiger partial charge in [0.25, 0.3) is 11.8 Å². The Hall–Kier alpha value is -3.17. The van der Waals surface area contributed by atoms with Crippen LogP contribution in [-0.2, 0) is 4.79 Å². The van der Waals surface area contributed by atoms with Crippen LogP contribution in [0.25, 0.3) is 17.1 Å². The topological polar surface area (TPSA) is 88.1 Å². The number of thiocarbonyl (C=S) groups is 1. The van der Waals surface area contributed by atoms with Gasteiger partial charge in [0.15, 0.2) is 4.32 Å². The summed E-state index contributed by atoms with van der Waals surface area (Å²) in [6, 6.07) is 10.6. The zero-order chi connectivity index (χ0) is 18.8. The van der Waals surface area contributed by atoms with Crippen LogP contribution in [0, 0.1) is 0 Å². The molecule has 1 aromatic carbocycles. The number of aromatic nitrogens is 3. The normalized spacial score (nSPS) is 15.6. The Morgan fingerprint density at radius 3 is 2.67 bits per heavy atom. The highest BCUT2D eigenvalue weighted by atomic mass is 32.2. The van der Waals surface area contributed by atoms with Gasteiger partial charge in [0.2, 0.25) is 0 Å². The zero-order valence-corrected chi connectivity index (χ0v) is 15.3. The third-order valence-electron chi connectivity index (χ3n) is 3.70. The Bertz CT molecular complexity index is 1100. The number of hydrogen-bond donors (Lipinski definition) is 1. The zero-order valence-electron chi connectivity index (χ0n) is 13.7. The summed E-state index contributed by atoms with van der Waals surface area (Å²) in [4.78, 5) is 37.9. The Morgan fingerprint density at radius 2 is 1.89 bits per heavy atom. The number of pyridine rings is 1. The van der Waals surface area contributed by atoms with Crippen LogP contribution in [0.5, 0.6) is 0 Å². The molecule has 0 bridgehead atoms. The second kappa shape index (κ2) is 7.22. The number of para-hydroxylation sites is 2. The molecule has 2 amide bonds. The molecule has 0 atom stereocenters. The van der Waals surface area contributed by atoms with Crippen LogP contribution in [0.15, 0.2) is 59.9 Å². The molecule has 0 radical (unpaired) electrons. The summed E-state index contributed by atoms with van der Waals surface area (Å²) in [5.74, 6) is -0.859. The van der Waals surface area contributed by atoms with Crippen LogP contribution in [0.3, 0.4) is 0 Å². The summed E-state index contributed by atoms with van der Waals surface area (Å²) >= 11 is 6.31. The van der Waals surface area contributed by atoms with Crippen molar-refractivity contribution in [3.63, 3.8) is 0 Å². The number of rotatable bonds is 3. The van der Waals surface area contributed by atoms with Crippen molar-refractivity contribution in [1.82, 2.24) is 25.4 Å². The lowest BCUT2D eigenvalue weighted by Crippen LogP contribution is -2.44. The van der Waals surface area contributed by atoms with Gasteiger partial charge >= 0.3 is 0 Å². The van der Waals surface area contributed by atoms with E-state index in [9.17, 15) is 9.59 Å². The maximum Gasteiger partial charge on any atom is 0.285 e. The van der Waals surface area contributed by atoms with Crippen LogP contribution < -0.4 is 5.43 Å². The molecule has 1 N–H and O–H groups in total. The van der Waals surface area contributed by atoms with Crippen LogP contribution in [-0.4, -0.2) is 36.1 Å². The Balaban J connectivity index is 1.56. The smallest absolute Gasteiger partial charge is 0.267 e. The van der Waals surface area contributed by atoms with Crippen molar-refractivity contribution in [3.8, 4) is 0 Å². The molecule has 3 aromatic rings. The molecule has 2 aromatic heterocycles. The summed E-state index contributed by atoms with van der Waals surface area (Å²) in [6.07, 6.45) is 6.19. The van der Waals surface area contributed by atoms with E-state index in [4.69, 9.17) is 12.2 Å². The number of hydrogen-bond acceptors (Lipinski definition) is 7. The Kier molecular flexibility index (Phi) is 4.61. The van der Waals surface area contributed by atoms with Gasteiger partial charge in [-0.3, -0.25) is 25.0 Å². The van der Waals surface area contributed by atoms with Gasteiger partial charge in [0.1, 0.15) is 0 Å². The number of nitrogens with zero attached hydrogens (tertiary/aromatic N) is 4. The first-order valence-electron chi connectivity index (χ1n) is 7.82. The predicted molar refractivity (Wildman–Crippen MR) is 106 cm³/mol. The van der Waals surface area contributed by atoms with Crippen LogP contribution in [0.4, 0.5) is 0 Å². The molecular formula is C18H11N5O2S2. The van der Waals surface area contributed by atoms with E-state index >= 15 is 0 Å². The monoisotopic (exact) mass is 393 g/mol. The quantitative estimate of drug-likeness (QED) is 0.540. The molecule has 132 valence electrons. The van der Waals surface area contributed by atoms with E-state index in [1.54, 1.807) is 24.4 Å². The average Bonchev–Trinajstić information content (AvgIpc) is 2.96. The van der Waals surface area contributed by atoms with Crippen LogP contribution >= 0.6 is 24.0 Å². The lowest BCUT2D eigenvalue weighted by Gasteiger charge is -2.15. The van der Waals surface area contributed by atoms with Gasteiger partial charge in [-0.2, -0.15) is 5.01 Å². The van der Waals surface area contributed by atoms with Gasteiger partial charge < -0.3 is 0 Å². The SMILES string of the molecule is O=C(NN1C(=O)/C(=C/c2cnc3ccccc3n2)SC1=S)c1ccncc1. The van der Waals surface area contributed by atoms with Crippen molar-refractivity contribution in [2.75, 3.05) is 0 Å². The maximum absolute atomic E-state index is 12.6. The fourth-order valence-electron chi connectivity index (χ4n) is 2.41. The highest BCUT2D eigenvalue weighted by Crippen LogP contribution is 2.31. The number of carbonyl (C=O) groups excluding carboxylic acids is 2. The molecule has 3 heterocycles. The molecule has 1 fully saturated rings. The second-order valence-corrected chi connectivity index (χ2v) is 7.15. The molecule has 0 saturated carbocycles. The maximum atomic E-state index is 12.6. The molecule has 9 heteroatoms. The number of amides is 2. The summed E-state index contributed by atoms with van der Waals surface area (Å²) in [6.45, 7) is 0. The van der Waals surface area contributed by atoms with Gasteiger partial charge in [-0.15, -0.1) is 0 Å². The van der Waals surface area contributed by atoms with E-state index in [-0.39, 0.29) is 4.32 Å². The Labute approximate surface area is 163 Å². The standard InChI is InChI=1S/C18H11N5O2S2/c24-16(11-5-7-19-8-6-11)22-23-17(25)15(27-18(23)26)9-12-10-20-13-3-1-2-4-14(13)21-12/h1-10H,(H,22,24)/b15-9-. The number of fused-ring (bicyclic) bond motifs is 1. The summed E-state index contributed by atoms with van der Waals surface area (Å²) in [5.41, 5.74) is 4.93. The first-order valence-corrected chi connectivity index (χ1v) is 9.05. The number of nitrogens with one attached hydrogen (secondary N) is 1. The molecule has 0 aliphatic carbocycles. The molecule has 1 aliphatic heterocycles. The minimum atomic E-state index is -0.444. The molecule has 4 rings (SSSR count). The van der Waals surface area contributed by atoms with E-state index in [0.29, 0.717) is 16.2 Å². The molecule has 27 heavy (non-hydrogen) atoms. The van der Waals surface area contributed by atoms with Gasteiger partial charge in [-0.1, -0.05) is 23.9 Å². The molecule has 1 aliphatic rings. The van der Waals surface area contributed by atoms with Crippen molar-refractivity contribution in [2.45, 2.75) is 0 Å². The summed E-state index contributed by atoms with van der Waals surface area (Å²) < 4.78 is 0.238. The van der Waals surface area contributed by atoms with E-state index in [2.05, 4.69) is 20.4 Å². The van der Waals surface area contributed by atoms with E-state index in [1.165, 1.54) is 12.4 Å². The van der Waals surface area contributed by atoms with Crippen LogP contribution in [0.1, 0.15) is 16.1 Å². The van der Waals surface area contributed by atoms with Crippen molar-refractivity contribution in [3.05, 3.63) is 71.2 Å². The van der Waals surface area contributed by atoms with Gasteiger partial charge in [-0.25, -0.2) is 4.98 Å². The van der Waals surface area contributed by atoms with Crippen molar-refractivity contribution < 1.29 is 9.59 Å². The highest BCUT2D eigenvalue weighted by molar-refractivity contribution is 8.26. The Morgan fingerprint density at radius 1 is 1.15 bits per heavy atom. The lowest BCUT2D eigenvalue weighted by molar-refractivity contribution is -0.123. The minimum Gasteiger partial charge on any atom is -0.267 e. The van der Waals surface area contributed by atoms with Crippen LogP contribution in [0.2, 0.25) is 0 Å². The summed E-state index contributed by atoms with van der Waals surface area (Å²) in [5, 5.41) is 1.06. The number of carbonyl (C=O) groups is 2. The molecular weight excluding hydrogens is 382 g/mol. The van der Waals surface area contributed by atoms with Gasteiger partial charge in [0.05, 0.1) is 27.8 Å². The molecule has 0 unspecified atom stereocenters. The molecule has 1 saturated heterocycles. The first kappa shape index (κ1) is 17.3.